The molecular formula is C28H32FN3O4S. The second-order valence-electron chi connectivity index (χ2n) is 10.7. The van der Waals surface area contributed by atoms with E-state index in [2.05, 4.69) is 11.4 Å². The number of piperidine rings is 1. The number of hydrogen-bond acceptors (Lipinski definition) is 5. The lowest BCUT2D eigenvalue weighted by molar-refractivity contribution is -0.128. The van der Waals surface area contributed by atoms with Gasteiger partial charge in [0.2, 0.25) is 5.91 Å². The summed E-state index contributed by atoms with van der Waals surface area (Å²) in [4.78, 5) is 28.3. The summed E-state index contributed by atoms with van der Waals surface area (Å²) < 4.78 is 32.1. The normalized spacial score (nSPS) is 22.3. The van der Waals surface area contributed by atoms with Crippen LogP contribution in [0.1, 0.15) is 45.6 Å². The van der Waals surface area contributed by atoms with Gasteiger partial charge in [-0.05, 0) is 80.8 Å². The van der Waals surface area contributed by atoms with Crippen molar-refractivity contribution in [3.63, 3.8) is 0 Å². The van der Waals surface area contributed by atoms with Crippen LogP contribution >= 0.6 is 0 Å². The maximum atomic E-state index is 15.0. The molecule has 1 saturated carbocycles. The molecule has 2 amide bonds. The highest BCUT2D eigenvalue weighted by atomic mass is 32.2. The Labute approximate surface area is 219 Å². The van der Waals surface area contributed by atoms with E-state index in [9.17, 15) is 23.5 Å². The third-order valence-corrected chi connectivity index (χ3v) is 7.86. The second-order valence-corrected chi connectivity index (χ2v) is 12.1. The van der Waals surface area contributed by atoms with E-state index in [1.165, 1.54) is 11.0 Å². The number of nitrogens with one attached hydrogen (secondary N) is 1. The zero-order valence-corrected chi connectivity index (χ0v) is 22.3. The summed E-state index contributed by atoms with van der Waals surface area (Å²) in [5, 5.41) is 12.5. The van der Waals surface area contributed by atoms with E-state index in [4.69, 9.17) is 4.74 Å². The standard InChI is InChI=1S/C28H32FN3O4S/c1-28(2,3)36-27(34)32-22-10-7-20(14-22)25(32)26(33)31-21(16-30)13-19-6-5-18(15-24(19)29)17-8-11-23(12-9-17)37(4)35/h5-6,8-9,11-12,15,20-22,25H,7,10,13-14H2,1-4H3,(H,31,33)/t20?,21?,22?,25-,37?/m0/s1. The summed E-state index contributed by atoms with van der Waals surface area (Å²) in [6.45, 7) is 5.34. The highest BCUT2D eigenvalue weighted by Gasteiger charge is 2.52. The summed E-state index contributed by atoms with van der Waals surface area (Å²) in [5.41, 5.74) is 1.06. The van der Waals surface area contributed by atoms with Gasteiger partial charge in [0, 0.05) is 34.4 Å². The maximum Gasteiger partial charge on any atom is 0.411 e. The Morgan fingerprint density at radius 1 is 1.19 bits per heavy atom. The highest BCUT2D eigenvalue weighted by molar-refractivity contribution is 7.84. The quantitative estimate of drug-likeness (QED) is 0.596. The number of fused-ring (bicyclic) bond motifs is 2. The summed E-state index contributed by atoms with van der Waals surface area (Å²) in [6.07, 6.45) is 3.47. The van der Waals surface area contributed by atoms with E-state index in [-0.39, 0.29) is 18.4 Å². The molecule has 0 radical (unpaired) electrons. The van der Waals surface area contributed by atoms with Crippen LogP contribution in [0.4, 0.5) is 9.18 Å². The molecule has 4 unspecified atom stereocenters. The first-order valence-corrected chi connectivity index (χ1v) is 14.0. The van der Waals surface area contributed by atoms with Gasteiger partial charge in [0.25, 0.3) is 0 Å². The average molecular weight is 526 g/mol. The average Bonchev–Trinajstić information content (AvgIpc) is 3.45. The van der Waals surface area contributed by atoms with Gasteiger partial charge < -0.3 is 10.1 Å². The van der Waals surface area contributed by atoms with Crippen LogP contribution in [0.15, 0.2) is 47.4 Å². The first-order chi connectivity index (χ1) is 17.5. The van der Waals surface area contributed by atoms with Gasteiger partial charge in [-0.2, -0.15) is 5.26 Å². The summed E-state index contributed by atoms with van der Waals surface area (Å²) in [6, 6.07) is 12.2. The third-order valence-electron chi connectivity index (χ3n) is 6.93. The first kappa shape index (κ1) is 26.8. The number of nitrogens with zero attached hydrogens (tertiary/aromatic N) is 2. The van der Waals surface area contributed by atoms with E-state index in [0.29, 0.717) is 16.0 Å². The number of carbonyl (C=O) groups is 2. The molecule has 1 heterocycles. The lowest BCUT2D eigenvalue weighted by atomic mass is 9.97. The van der Waals surface area contributed by atoms with E-state index in [1.807, 2.05) is 0 Å². The predicted molar refractivity (Wildman–Crippen MR) is 138 cm³/mol. The van der Waals surface area contributed by atoms with Crippen LogP contribution in [0.5, 0.6) is 0 Å². The van der Waals surface area contributed by atoms with Crippen LogP contribution < -0.4 is 5.32 Å². The Hall–Kier alpha value is -3.25. The SMILES string of the molecule is CS(=O)c1ccc(-c2ccc(CC(C#N)NC(=O)[C@@H]3C4CCC(C4)N3C(=O)OC(C)(C)C)c(F)c2)cc1. The maximum absolute atomic E-state index is 15.0. The molecule has 196 valence electrons. The number of carbonyl (C=O) groups excluding carboxylic acids is 2. The lowest BCUT2D eigenvalue weighted by Crippen LogP contribution is -2.55. The van der Waals surface area contributed by atoms with E-state index >= 15 is 0 Å². The molecule has 1 saturated heterocycles. The lowest BCUT2D eigenvalue weighted by Gasteiger charge is -2.35. The number of halogens is 1. The van der Waals surface area contributed by atoms with Crippen molar-refractivity contribution in [3.8, 4) is 17.2 Å². The smallest absolute Gasteiger partial charge is 0.411 e. The molecule has 2 aliphatic rings. The van der Waals surface area contributed by atoms with E-state index in [0.717, 1.165) is 24.8 Å². The Morgan fingerprint density at radius 2 is 1.86 bits per heavy atom. The molecule has 37 heavy (non-hydrogen) atoms. The van der Waals surface area contributed by atoms with Crippen molar-refractivity contribution in [2.45, 2.75) is 75.1 Å². The fourth-order valence-corrected chi connectivity index (χ4v) is 5.76. The second kappa shape index (κ2) is 10.6. The van der Waals surface area contributed by atoms with Gasteiger partial charge in [-0.1, -0.05) is 24.3 Å². The fraction of sp³-hybridized carbons (Fsp3) is 0.464. The minimum Gasteiger partial charge on any atom is -0.444 e. The number of amides is 2. The van der Waals surface area contributed by atoms with Gasteiger partial charge in [0.05, 0.1) is 6.07 Å². The largest absolute Gasteiger partial charge is 0.444 e. The van der Waals surface area contributed by atoms with Crippen LogP contribution in [0.25, 0.3) is 11.1 Å². The zero-order valence-electron chi connectivity index (χ0n) is 21.5. The summed E-state index contributed by atoms with van der Waals surface area (Å²) in [7, 11) is -1.09. The number of hydrogen-bond donors (Lipinski definition) is 1. The van der Waals surface area contributed by atoms with Gasteiger partial charge in [-0.3, -0.25) is 13.9 Å². The minimum atomic E-state index is -1.09. The topological polar surface area (TPSA) is 99.5 Å². The number of rotatable bonds is 6. The van der Waals surface area contributed by atoms with Gasteiger partial charge in [-0.15, -0.1) is 0 Å². The molecule has 2 fully saturated rings. The predicted octanol–water partition coefficient (Wildman–Crippen LogP) is 4.57. The molecule has 0 spiro atoms. The third kappa shape index (κ3) is 6.02. The van der Waals surface area contributed by atoms with E-state index in [1.54, 1.807) is 63.4 Å². The Balaban J connectivity index is 1.45. The highest BCUT2D eigenvalue weighted by Crippen LogP contribution is 2.43. The molecule has 1 aliphatic heterocycles. The van der Waals surface area contributed by atoms with Gasteiger partial charge >= 0.3 is 6.09 Å². The molecule has 2 aromatic carbocycles. The fourth-order valence-electron chi connectivity index (χ4n) is 5.24. The first-order valence-electron chi connectivity index (χ1n) is 12.4. The van der Waals surface area contributed by atoms with Crippen molar-refractivity contribution in [1.29, 1.82) is 5.26 Å². The van der Waals surface area contributed by atoms with Crippen molar-refractivity contribution in [1.82, 2.24) is 10.2 Å². The number of likely N-dealkylation sites (tertiary alicyclic amines) is 1. The van der Waals surface area contributed by atoms with Crippen LogP contribution in [-0.2, 0) is 26.8 Å². The molecule has 9 heteroatoms. The van der Waals surface area contributed by atoms with Crippen molar-refractivity contribution < 1.29 is 22.9 Å². The number of benzene rings is 2. The molecule has 0 aromatic heterocycles. The van der Waals surface area contributed by atoms with Gasteiger partial charge in [-0.25, -0.2) is 9.18 Å². The molecule has 7 nitrogen and oxygen atoms in total. The van der Waals surface area contributed by atoms with Gasteiger partial charge in [0.15, 0.2) is 0 Å². The van der Waals surface area contributed by atoms with Crippen molar-refractivity contribution >= 4 is 22.8 Å². The number of ether oxygens (including phenoxy) is 1. The van der Waals surface area contributed by atoms with Crippen LogP contribution in [0.2, 0.25) is 0 Å². The molecule has 2 aromatic rings. The van der Waals surface area contributed by atoms with Crippen LogP contribution in [0, 0.1) is 23.1 Å². The molecule has 2 bridgehead atoms. The van der Waals surface area contributed by atoms with Crippen LogP contribution in [-0.4, -0.2) is 51.1 Å². The molecule has 1 aliphatic carbocycles. The molecule has 5 atom stereocenters. The van der Waals surface area contributed by atoms with E-state index < -0.39 is 46.3 Å². The Bertz CT molecular complexity index is 1250. The monoisotopic (exact) mass is 525 g/mol. The van der Waals surface area contributed by atoms with Crippen molar-refractivity contribution in [2.24, 2.45) is 5.92 Å². The Kier molecular flexibility index (Phi) is 7.69. The zero-order chi connectivity index (χ0) is 26.9. The minimum absolute atomic E-state index is 0.00460. The molecular weight excluding hydrogens is 493 g/mol. The van der Waals surface area contributed by atoms with Crippen LogP contribution in [0.3, 0.4) is 0 Å². The number of nitriles is 1. The summed E-state index contributed by atoms with van der Waals surface area (Å²) in [5.74, 6) is -0.870. The van der Waals surface area contributed by atoms with Gasteiger partial charge in [0.1, 0.15) is 23.5 Å². The van der Waals surface area contributed by atoms with Crippen molar-refractivity contribution in [2.75, 3.05) is 6.26 Å². The summed E-state index contributed by atoms with van der Waals surface area (Å²) >= 11 is 0. The molecule has 4 rings (SSSR count). The Morgan fingerprint density at radius 3 is 2.46 bits per heavy atom. The van der Waals surface area contributed by atoms with Crippen molar-refractivity contribution in [3.05, 3.63) is 53.8 Å². The molecule has 1 N–H and O–H groups in total.